The van der Waals surface area contributed by atoms with Gasteiger partial charge in [0, 0.05) is 0 Å². The van der Waals surface area contributed by atoms with E-state index in [-0.39, 0.29) is 5.91 Å². The zero-order valence-corrected chi connectivity index (χ0v) is 10.6. The summed E-state index contributed by atoms with van der Waals surface area (Å²) < 4.78 is 11.0. The lowest BCUT2D eigenvalue weighted by atomic mass is 9.77. The fourth-order valence-electron chi connectivity index (χ4n) is 3.58. The zero-order chi connectivity index (χ0) is 13.9. The van der Waals surface area contributed by atoms with Gasteiger partial charge in [-0.25, -0.2) is 0 Å². The molecule has 0 saturated carbocycles. The van der Waals surface area contributed by atoms with Crippen molar-refractivity contribution in [2.45, 2.75) is 18.2 Å². The highest BCUT2D eigenvalue weighted by Crippen LogP contribution is 2.52. The van der Waals surface area contributed by atoms with Crippen LogP contribution < -0.4 is 0 Å². The molecule has 6 heteroatoms. The smallest absolute Gasteiger partial charge is 0.310 e. The molecule has 0 aliphatic carbocycles. The monoisotopic (exact) mass is 275 g/mol. The summed E-state index contributed by atoms with van der Waals surface area (Å²) in [5.41, 5.74) is -0.766. The van der Waals surface area contributed by atoms with Crippen LogP contribution in [0.2, 0.25) is 0 Å². The first-order valence-corrected chi connectivity index (χ1v) is 6.52. The molecule has 0 radical (unpaired) electrons. The molecule has 104 valence electrons. The molecule has 2 unspecified atom stereocenters. The minimum Gasteiger partial charge on any atom is -0.481 e. The molecule has 1 N–H and O–H groups in total. The summed E-state index contributed by atoms with van der Waals surface area (Å²) in [7, 11) is 0. The number of carboxylic acid groups (broad SMARTS) is 1. The maximum Gasteiger partial charge on any atom is 0.310 e. The largest absolute Gasteiger partial charge is 0.481 e. The van der Waals surface area contributed by atoms with E-state index in [1.165, 1.54) is 0 Å². The van der Waals surface area contributed by atoms with Gasteiger partial charge in [-0.05, 0) is 12.1 Å². The van der Waals surface area contributed by atoms with Crippen LogP contribution in [0.25, 0.3) is 0 Å². The Morgan fingerprint density at radius 2 is 2.40 bits per heavy atom. The van der Waals surface area contributed by atoms with E-state index in [1.807, 2.05) is 6.08 Å². The van der Waals surface area contributed by atoms with E-state index in [0.29, 0.717) is 18.8 Å². The summed E-state index contributed by atoms with van der Waals surface area (Å²) in [5.74, 6) is -1.86. The summed E-state index contributed by atoms with van der Waals surface area (Å²) in [6, 6.07) is 3.55. The van der Waals surface area contributed by atoms with Crippen LogP contribution in [0.15, 0.2) is 35.0 Å². The highest BCUT2D eigenvalue weighted by atomic mass is 16.5. The van der Waals surface area contributed by atoms with Gasteiger partial charge < -0.3 is 19.2 Å². The Morgan fingerprint density at radius 3 is 3.10 bits per heavy atom. The minimum absolute atomic E-state index is 0.166. The van der Waals surface area contributed by atoms with Gasteiger partial charge >= 0.3 is 5.97 Å². The Hall–Kier alpha value is -2.08. The average Bonchev–Trinajstić information content (AvgIpc) is 3.12. The number of hydrogen-bond acceptors (Lipinski definition) is 4. The number of aliphatic carboxylic acids is 1. The topological polar surface area (TPSA) is 80.0 Å². The Bertz CT molecular complexity index is 607. The molecule has 2 fully saturated rings. The van der Waals surface area contributed by atoms with Crippen LogP contribution in [0, 0.1) is 11.8 Å². The number of nitrogens with zero attached hydrogens (tertiary/aromatic N) is 1. The number of ether oxygens (including phenoxy) is 1. The number of furan rings is 1. The Balaban J connectivity index is 1.65. The molecule has 1 spiro atoms. The lowest BCUT2D eigenvalue weighted by Crippen LogP contribution is -2.39. The van der Waals surface area contributed by atoms with Crippen molar-refractivity contribution in [3.63, 3.8) is 0 Å². The van der Waals surface area contributed by atoms with Gasteiger partial charge in [-0.15, -0.1) is 0 Å². The molecule has 1 aromatic heterocycles. The molecule has 1 amide bonds. The van der Waals surface area contributed by atoms with Crippen molar-refractivity contribution in [1.29, 1.82) is 0 Å². The van der Waals surface area contributed by atoms with Crippen LogP contribution >= 0.6 is 0 Å². The van der Waals surface area contributed by atoms with Crippen molar-refractivity contribution >= 4 is 11.9 Å². The molecule has 3 aliphatic rings. The van der Waals surface area contributed by atoms with Crippen molar-refractivity contribution in [3.05, 3.63) is 36.3 Å². The first-order valence-electron chi connectivity index (χ1n) is 6.52. The number of carboxylic acids is 1. The summed E-state index contributed by atoms with van der Waals surface area (Å²) in [5, 5.41) is 9.34. The van der Waals surface area contributed by atoms with Gasteiger partial charge in [-0.3, -0.25) is 9.59 Å². The number of amides is 1. The SMILES string of the molecule is O=C(O)C1C2C(=O)N(Cc3ccco3)C[C@@]23C=C[C@@H]1O3. The lowest BCUT2D eigenvalue weighted by molar-refractivity contribution is -0.148. The van der Waals surface area contributed by atoms with E-state index in [9.17, 15) is 14.7 Å². The predicted octanol–water partition coefficient (Wildman–Crippen LogP) is 0.646. The van der Waals surface area contributed by atoms with Crippen molar-refractivity contribution in [2.75, 3.05) is 6.54 Å². The molecule has 0 aromatic carbocycles. The minimum atomic E-state index is -0.973. The molecule has 2 bridgehead atoms. The molecule has 4 atom stereocenters. The fourth-order valence-corrected chi connectivity index (χ4v) is 3.58. The van der Waals surface area contributed by atoms with E-state index in [4.69, 9.17) is 9.15 Å². The molecule has 4 rings (SSSR count). The number of carbonyl (C=O) groups is 2. The second-order valence-corrected chi connectivity index (χ2v) is 5.51. The summed E-state index contributed by atoms with van der Waals surface area (Å²) in [6.07, 6.45) is 4.69. The summed E-state index contributed by atoms with van der Waals surface area (Å²) >= 11 is 0. The van der Waals surface area contributed by atoms with Gasteiger partial charge in [-0.1, -0.05) is 12.2 Å². The third kappa shape index (κ3) is 1.37. The second-order valence-electron chi connectivity index (χ2n) is 5.51. The van der Waals surface area contributed by atoms with Crippen LogP contribution in [-0.4, -0.2) is 40.1 Å². The highest BCUT2D eigenvalue weighted by Gasteiger charge is 2.67. The van der Waals surface area contributed by atoms with Crippen molar-refractivity contribution in [2.24, 2.45) is 11.8 Å². The molecule has 20 heavy (non-hydrogen) atoms. The molecule has 3 aliphatic heterocycles. The second kappa shape index (κ2) is 3.73. The molecular weight excluding hydrogens is 262 g/mol. The normalized spacial score (nSPS) is 37.7. The van der Waals surface area contributed by atoms with Crippen LogP contribution in [0.4, 0.5) is 0 Å². The van der Waals surface area contributed by atoms with Gasteiger partial charge in [0.1, 0.15) is 17.3 Å². The van der Waals surface area contributed by atoms with Gasteiger partial charge in [0.05, 0.1) is 31.4 Å². The van der Waals surface area contributed by atoms with Crippen molar-refractivity contribution < 1.29 is 23.8 Å². The first kappa shape index (κ1) is 11.7. The number of hydrogen-bond donors (Lipinski definition) is 1. The number of rotatable bonds is 3. The predicted molar refractivity (Wildman–Crippen MR) is 65.5 cm³/mol. The van der Waals surface area contributed by atoms with Crippen LogP contribution in [0.1, 0.15) is 5.76 Å². The Labute approximate surface area is 114 Å². The zero-order valence-electron chi connectivity index (χ0n) is 10.6. The Morgan fingerprint density at radius 1 is 1.55 bits per heavy atom. The highest BCUT2D eigenvalue weighted by molar-refractivity contribution is 5.90. The molecule has 2 saturated heterocycles. The number of fused-ring (bicyclic) bond motifs is 1. The van der Waals surface area contributed by atoms with E-state index in [1.54, 1.807) is 29.4 Å². The van der Waals surface area contributed by atoms with Gasteiger partial charge in [0.15, 0.2) is 0 Å². The van der Waals surface area contributed by atoms with Gasteiger partial charge in [0.25, 0.3) is 0 Å². The Kier molecular flexibility index (Phi) is 2.18. The third-order valence-electron chi connectivity index (χ3n) is 4.39. The fraction of sp³-hybridized carbons (Fsp3) is 0.429. The first-order chi connectivity index (χ1) is 9.61. The average molecular weight is 275 g/mol. The van der Waals surface area contributed by atoms with Crippen LogP contribution in [0.3, 0.4) is 0 Å². The standard InChI is InChI=1S/C14H13NO5/c16-12-11-10(13(17)18)9-3-4-14(11,20-9)7-15(12)6-8-2-1-5-19-8/h1-5,9-11H,6-7H2,(H,17,18)/t9-,10?,11?,14-/m0/s1. The third-order valence-corrected chi connectivity index (χ3v) is 4.39. The molecule has 1 aromatic rings. The van der Waals surface area contributed by atoms with Gasteiger partial charge in [0.2, 0.25) is 5.91 Å². The summed E-state index contributed by atoms with van der Waals surface area (Å²) in [6.45, 7) is 0.728. The van der Waals surface area contributed by atoms with Gasteiger partial charge in [-0.2, -0.15) is 0 Å². The summed E-state index contributed by atoms with van der Waals surface area (Å²) in [4.78, 5) is 25.5. The molecular formula is C14H13NO5. The number of carbonyl (C=O) groups excluding carboxylic acids is 1. The lowest BCUT2D eigenvalue weighted by Gasteiger charge is -2.21. The maximum absolute atomic E-state index is 12.5. The maximum atomic E-state index is 12.5. The van der Waals surface area contributed by atoms with E-state index in [2.05, 4.69) is 0 Å². The molecule has 4 heterocycles. The van der Waals surface area contributed by atoms with E-state index < -0.39 is 29.5 Å². The van der Waals surface area contributed by atoms with Crippen molar-refractivity contribution in [1.82, 2.24) is 4.90 Å². The van der Waals surface area contributed by atoms with E-state index in [0.717, 1.165) is 0 Å². The quantitative estimate of drug-likeness (QED) is 0.819. The number of likely N-dealkylation sites (tertiary alicyclic amines) is 1. The van der Waals surface area contributed by atoms with Crippen molar-refractivity contribution in [3.8, 4) is 0 Å². The van der Waals surface area contributed by atoms with Crippen LogP contribution in [-0.2, 0) is 20.9 Å². The van der Waals surface area contributed by atoms with E-state index >= 15 is 0 Å². The van der Waals surface area contributed by atoms with Crippen LogP contribution in [0.5, 0.6) is 0 Å². The molecule has 6 nitrogen and oxygen atoms in total.